The minimum absolute atomic E-state index is 0.489. The van der Waals surface area contributed by atoms with Gasteiger partial charge in [-0.25, -0.2) is 4.98 Å². The van der Waals surface area contributed by atoms with Gasteiger partial charge in [-0.3, -0.25) is 0 Å². The molecule has 90 valence electrons. The minimum atomic E-state index is 0.489. The van der Waals surface area contributed by atoms with Gasteiger partial charge in [0, 0.05) is 17.5 Å². The first-order chi connectivity index (χ1) is 8.42. The van der Waals surface area contributed by atoms with Crippen molar-refractivity contribution < 1.29 is 0 Å². The number of nitrogens with zero attached hydrogens (tertiary/aromatic N) is 1. The molecule has 1 heterocycles. The second-order valence-electron chi connectivity index (χ2n) is 4.33. The Balaban J connectivity index is 2.13. The average molecular weight is 245 g/mol. The monoisotopic (exact) mass is 245 g/mol. The van der Waals surface area contributed by atoms with Gasteiger partial charge in [-0.15, -0.1) is 11.3 Å². The molecule has 0 aliphatic rings. The third kappa shape index (κ3) is 3.40. The maximum atomic E-state index is 4.49. The molecule has 0 fully saturated rings. The van der Waals surface area contributed by atoms with E-state index in [1.165, 1.54) is 36.3 Å². The molecule has 17 heavy (non-hydrogen) atoms. The van der Waals surface area contributed by atoms with E-state index in [2.05, 4.69) is 47.6 Å². The predicted octanol–water partition coefficient (Wildman–Crippen LogP) is 4.86. The molecule has 0 amide bonds. The SMILES string of the molecule is CCCCCC(c1ccccc1)c1nccs1. The van der Waals surface area contributed by atoms with Gasteiger partial charge in [0.05, 0.1) is 5.01 Å². The van der Waals surface area contributed by atoms with Crippen LogP contribution in [0.3, 0.4) is 0 Å². The number of aromatic nitrogens is 1. The maximum Gasteiger partial charge on any atom is 0.0999 e. The van der Waals surface area contributed by atoms with Crippen molar-refractivity contribution in [2.45, 2.75) is 38.5 Å². The van der Waals surface area contributed by atoms with Gasteiger partial charge in [0.15, 0.2) is 0 Å². The quantitative estimate of drug-likeness (QED) is 0.663. The van der Waals surface area contributed by atoms with E-state index in [1.807, 2.05) is 6.20 Å². The Bertz CT molecular complexity index is 408. The fraction of sp³-hybridized carbons (Fsp3) is 0.400. The first kappa shape index (κ1) is 12.3. The van der Waals surface area contributed by atoms with Crippen LogP contribution in [0.2, 0.25) is 0 Å². The number of thiazole rings is 1. The van der Waals surface area contributed by atoms with Gasteiger partial charge >= 0.3 is 0 Å². The van der Waals surface area contributed by atoms with Gasteiger partial charge in [-0.2, -0.15) is 0 Å². The lowest BCUT2D eigenvalue weighted by Crippen LogP contribution is -2.00. The van der Waals surface area contributed by atoms with Crippen LogP contribution in [0.5, 0.6) is 0 Å². The van der Waals surface area contributed by atoms with E-state index in [0.717, 1.165) is 0 Å². The maximum absolute atomic E-state index is 4.49. The summed E-state index contributed by atoms with van der Waals surface area (Å²) in [5.41, 5.74) is 1.40. The number of rotatable bonds is 6. The van der Waals surface area contributed by atoms with E-state index >= 15 is 0 Å². The molecule has 1 aromatic carbocycles. The lowest BCUT2D eigenvalue weighted by Gasteiger charge is -2.14. The van der Waals surface area contributed by atoms with Crippen LogP contribution < -0.4 is 0 Å². The molecular formula is C15H19NS. The summed E-state index contributed by atoms with van der Waals surface area (Å²) in [6, 6.07) is 10.8. The third-order valence-corrected chi connectivity index (χ3v) is 3.94. The van der Waals surface area contributed by atoms with Crippen molar-refractivity contribution in [1.82, 2.24) is 4.98 Å². The van der Waals surface area contributed by atoms with Crippen LogP contribution in [0.1, 0.15) is 49.1 Å². The molecular weight excluding hydrogens is 226 g/mol. The third-order valence-electron chi connectivity index (χ3n) is 3.05. The van der Waals surface area contributed by atoms with Crippen molar-refractivity contribution in [2.75, 3.05) is 0 Å². The molecule has 0 saturated carbocycles. The normalized spacial score (nSPS) is 12.5. The Kier molecular flexibility index (Phi) is 4.75. The van der Waals surface area contributed by atoms with E-state index < -0.39 is 0 Å². The Morgan fingerprint density at radius 2 is 2.00 bits per heavy atom. The molecule has 0 radical (unpaired) electrons. The van der Waals surface area contributed by atoms with Crippen molar-refractivity contribution in [1.29, 1.82) is 0 Å². The number of hydrogen-bond acceptors (Lipinski definition) is 2. The molecule has 1 nitrogen and oxygen atoms in total. The van der Waals surface area contributed by atoms with Crippen LogP contribution in [0.4, 0.5) is 0 Å². The molecule has 2 heteroatoms. The van der Waals surface area contributed by atoms with E-state index in [4.69, 9.17) is 0 Å². The zero-order valence-electron chi connectivity index (χ0n) is 10.3. The van der Waals surface area contributed by atoms with E-state index in [0.29, 0.717) is 5.92 Å². The van der Waals surface area contributed by atoms with Gasteiger partial charge in [-0.05, 0) is 12.0 Å². The zero-order chi connectivity index (χ0) is 11.9. The fourth-order valence-electron chi connectivity index (χ4n) is 2.12. The van der Waals surface area contributed by atoms with Gasteiger partial charge in [0.1, 0.15) is 0 Å². The number of unbranched alkanes of at least 4 members (excludes halogenated alkanes) is 2. The highest BCUT2D eigenvalue weighted by Crippen LogP contribution is 2.30. The molecule has 1 unspecified atom stereocenters. The van der Waals surface area contributed by atoms with Crippen molar-refractivity contribution in [3.63, 3.8) is 0 Å². The van der Waals surface area contributed by atoms with Gasteiger partial charge in [-0.1, -0.05) is 56.5 Å². The van der Waals surface area contributed by atoms with E-state index in [9.17, 15) is 0 Å². The Labute approximate surface area is 108 Å². The summed E-state index contributed by atoms with van der Waals surface area (Å²) in [6.07, 6.45) is 7.00. The Hall–Kier alpha value is -1.15. The number of benzene rings is 1. The van der Waals surface area contributed by atoms with Gasteiger partial charge in [0.2, 0.25) is 0 Å². The van der Waals surface area contributed by atoms with Crippen LogP contribution in [-0.2, 0) is 0 Å². The van der Waals surface area contributed by atoms with Crippen LogP contribution in [0.25, 0.3) is 0 Å². The van der Waals surface area contributed by atoms with Crippen molar-refractivity contribution in [3.8, 4) is 0 Å². The topological polar surface area (TPSA) is 12.9 Å². The van der Waals surface area contributed by atoms with E-state index in [-0.39, 0.29) is 0 Å². The Morgan fingerprint density at radius 1 is 1.18 bits per heavy atom. The summed E-state index contributed by atoms with van der Waals surface area (Å²) in [7, 11) is 0. The van der Waals surface area contributed by atoms with Crippen LogP contribution in [0, 0.1) is 0 Å². The minimum Gasteiger partial charge on any atom is -0.249 e. The predicted molar refractivity (Wildman–Crippen MR) is 74.5 cm³/mol. The first-order valence-electron chi connectivity index (χ1n) is 6.36. The van der Waals surface area contributed by atoms with Crippen molar-refractivity contribution >= 4 is 11.3 Å². The molecule has 0 bridgehead atoms. The highest BCUT2D eigenvalue weighted by molar-refractivity contribution is 7.09. The summed E-state index contributed by atoms with van der Waals surface area (Å²) in [5, 5.41) is 3.33. The molecule has 0 saturated heterocycles. The summed E-state index contributed by atoms with van der Waals surface area (Å²) in [4.78, 5) is 4.49. The highest BCUT2D eigenvalue weighted by atomic mass is 32.1. The summed E-state index contributed by atoms with van der Waals surface area (Å²) in [5.74, 6) is 0.489. The van der Waals surface area contributed by atoms with Crippen LogP contribution >= 0.6 is 11.3 Å². The standard InChI is InChI=1S/C15H19NS/c1-2-3-5-10-14(15-16-11-12-17-15)13-8-6-4-7-9-13/h4,6-9,11-12,14H,2-3,5,10H2,1H3. The molecule has 0 aliphatic carbocycles. The average Bonchev–Trinajstić information content (AvgIpc) is 2.89. The molecule has 2 aromatic rings. The first-order valence-corrected chi connectivity index (χ1v) is 7.24. The fourth-order valence-corrected chi connectivity index (χ4v) is 2.92. The van der Waals surface area contributed by atoms with Crippen molar-refractivity contribution in [2.24, 2.45) is 0 Å². The lowest BCUT2D eigenvalue weighted by atomic mass is 9.94. The van der Waals surface area contributed by atoms with Gasteiger partial charge < -0.3 is 0 Å². The van der Waals surface area contributed by atoms with E-state index in [1.54, 1.807) is 11.3 Å². The van der Waals surface area contributed by atoms with Crippen LogP contribution in [0.15, 0.2) is 41.9 Å². The highest BCUT2D eigenvalue weighted by Gasteiger charge is 2.15. The molecule has 2 rings (SSSR count). The molecule has 0 spiro atoms. The largest absolute Gasteiger partial charge is 0.249 e. The van der Waals surface area contributed by atoms with Gasteiger partial charge in [0.25, 0.3) is 0 Å². The molecule has 0 aliphatic heterocycles. The summed E-state index contributed by atoms with van der Waals surface area (Å²) >= 11 is 1.77. The molecule has 1 atom stereocenters. The second-order valence-corrected chi connectivity index (χ2v) is 5.26. The second kappa shape index (κ2) is 6.55. The smallest absolute Gasteiger partial charge is 0.0999 e. The lowest BCUT2D eigenvalue weighted by molar-refractivity contribution is 0.616. The summed E-state index contributed by atoms with van der Waals surface area (Å²) in [6.45, 7) is 2.25. The zero-order valence-corrected chi connectivity index (χ0v) is 11.1. The van der Waals surface area contributed by atoms with Crippen LogP contribution in [-0.4, -0.2) is 4.98 Å². The molecule has 1 aromatic heterocycles. The number of hydrogen-bond donors (Lipinski definition) is 0. The van der Waals surface area contributed by atoms with Crippen molar-refractivity contribution in [3.05, 3.63) is 52.5 Å². The Morgan fingerprint density at radius 3 is 2.65 bits per heavy atom. The molecule has 0 N–H and O–H groups in total. The summed E-state index contributed by atoms with van der Waals surface area (Å²) < 4.78 is 0.